The van der Waals surface area contributed by atoms with Crippen LogP contribution < -0.4 is 0 Å². The number of carbonyl (C=O) groups is 1. The molecule has 8 heteroatoms. The molecule has 6 nitrogen and oxygen atoms in total. The molecule has 2 heterocycles. The fraction of sp³-hybridized carbons (Fsp3) is 0.500. The molecule has 2 rings (SSSR count). The number of rotatable bonds is 3. The zero-order chi connectivity index (χ0) is 13.3. The highest BCUT2D eigenvalue weighted by Crippen LogP contribution is 2.29. The Bertz CT molecular complexity index is 557. The summed E-state index contributed by atoms with van der Waals surface area (Å²) in [4.78, 5) is 10.9. The maximum atomic E-state index is 12.4. The lowest BCUT2D eigenvalue weighted by molar-refractivity contribution is 0.0694. The minimum absolute atomic E-state index is 0.0816. The number of hydrogen-bond acceptors (Lipinski definition) is 5. The molecule has 1 fully saturated rings. The lowest BCUT2D eigenvalue weighted by atomic mass is 10.3. The number of sulfonamides is 1. The van der Waals surface area contributed by atoms with Gasteiger partial charge in [-0.05, 0) is 17.9 Å². The number of ether oxygens (including phenoxy) is 1. The minimum Gasteiger partial charge on any atom is -0.477 e. The maximum absolute atomic E-state index is 12.4. The van der Waals surface area contributed by atoms with E-state index in [1.807, 2.05) is 0 Å². The van der Waals surface area contributed by atoms with Gasteiger partial charge in [0.15, 0.2) is 0 Å². The summed E-state index contributed by atoms with van der Waals surface area (Å²) < 4.78 is 31.2. The van der Waals surface area contributed by atoms with E-state index in [0.29, 0.717) is 18.8 Å². The SMILES string of the molecule is Cc1csc(C(=O)O)c1S(=O)(=O)N1CCOCC1. The molecular formula is C10H13NO5S2. The van der Waals surface area contributed by atoms with E-state index in [1.54, 1.807) is 12.3 Å². The molecule has 0 radical (unpaired) electrons. The highest BCUT2D eigenvalue weighted by atomic mass is 32.2. The molecule has 0 aliphatic carbocycles. The summed E-state index contributed by atoms with van der Waals surface area (Å²) in [6.45, 7) is 2.80. The maximum Gasteiger partial charge on any atom is 0.347 e. The van der Waals surface area contributed by atoms with Crippen molar-refractivity contribution in [2.75, 3.05) is 26.3 Å². The van der Waals surface area contributed by atoms with Crippen LogP contribution in [-0.4, -0.2) is 50.1 Å². The fourth-order valence-corrected chi connectivity index (χ4v) is 4.81. The molecule has 0 bridgehead atoms. The van der Waals surface area contributed by atoms with Crippen LogP contribution in [0.25, 0.3) is 0 Å². The van der Waals surface area contributed by atoms with Gasteiger partial charge in [0.2, 0.25) is 10.0 Å². The molecule has 0 aromatic carbocycles. The lowest BCUT2D eigenvalue weighted by Gasteiger charge is -2.26. The molecule has 1 saturated heterocycles. The average molecular weight is 291 g/mol. The molecule has 0 atom stereocenters. The van der Waals surface area contributed by atoms with Crippen molar-refractivity contribution in [2.45, 2.75) is 11.8 Å². The third-order valence-corrected chi connectivity index (χ3v) is 5.98. The topological polar surface area (TPSA) is 83.9 Å². The van der Waals surface area contributed by atoms with Crippen LogP contribution >= 0.6 is 11.3 Å². The number of hydrogen-bond donors (Lipinski definition) is 1. The molecule has 100 valence electrons. The Morgan fingerprint density at radius 1 is 1.44 bits per heavy atom. The van der Waals surface area contributed by atoms with E-state index in [-0.39, 0.29) is 22.9 Å². The van der Waals surface area contributed by atoms with Crippen LogP contribution in [0.15, 0.2) is 10.3 Å². The van der Waals surface area contributed by atoms with Crippen molar-refractivity contribution in [3.63, 3.8) is 0 Å². The molecule has 1 N–H and O–H groups in total. The van der Waals surface area contributed by atoms with Gasteiger partial charge in [0.05, 0.1) is 13.2 Å². The molecule has 1 aromatic heterocycles. The summed E-state index contributed by atoms with van der Waals surface area (Å²) in [5.41, 5.74) is 0.476. The van der Waals surface area contributed by atoms with E-state index in [2.05, 4.69) is 0 Å². The Morgan fingerprint density at radius 3 is 2.61 bits per heavy atom. The van der Waals surface area contributed by atoms with Crippen molar-refractivity contribution >= 4 is 27.3 Å². The van der Waals surface area contributed by atoms with Gasteiger partial charge < -0.3 is 9.84 Å². The van der Waals surface area contributed by atoms with E-state index in [4.69, 9.17) is 9.84 Å². The van der Waals surface area contributed by atoms with Gasteiger partial charge in [0.1, 0.15) is 9.77 Å². The zero-order valence-corrected chi connectivity index (χ0v) is 11.4. The number of aryl methyl sites for hydroxylation is 1. The molecule has 1 aromatic rings. The quantitative estimate of drug-likeness (QED) is 0.889. The first-order valence-electron chi connectivity index (χ1n) is 5.34. The van der Waals surface area contributed by atoms with Crippen molar-refractivity contribution in [2.24, 2.45) is 0 Å². The Morgan fingerprint density at radius 2 is 2.06 bits per heavy atom. The van der Waals surface area contributed by atoms with Crippen LogP contribution in [0.3, 0.4) is 0 Å². The van der Waals surface area contributed by atoms with Gasteiger partial charge in [-0.3, -0.25) is 0 Å². The monoisotopic (exact) mass is 291 g/mol. The van der Waals surface area contributed by atoms with Gasteiger partial charge >= 0.3 is 5.97 Å². The largest absolute Gasteiger partial charge is 0.477 e. The Balaban J connectivity index is 2.46. The van der Waals surface area contributed by atoms with Crippen LogP contribution in [-0.2, 0) is 14.8 Å². The van der Waals surface area contributed by atoms with E-state index >= 15 is 0 Å². The third kappa shape index (κ3) is 2.28. The zero-order valence-electron chi connectivity index (χ0n) is 9.75. The predicted molar refractivity (Wildman–Crippen MR) is 65.6 cm³/mol. The van der Waals surface area contributed by atoms with Crippen molar-refractivity contribution in [3.05, 3.63) is 15.8 Å². The molecule has 0 saturated carbocycles. The van der Waals surface area contributed by atoms with Gasteiger partial charge in [0, 0.05) is 13.1 Å². The van der Waals surface area contributed by atoms with E-state index < -0.39 is 16.0 Å². The molecule has 0 amide bonds. The average Bonchev–Trinajstić information content (AvgIpc) is 2.73. The van der Waals surface area contributed by atoms with Crippen LogP contribution in [0, 0.1) is 6.92 Å². The summed E-state index contributed by atoms with van der Waals surface area (Å²) in [5.74, 6) is -1.21. The summed E-state index contributed by atoms with van der Waals surface area (Å²) in [6, 6.07) is 0. The summed E-state index contributed by atoms with van der Waals surface area (Å²) >= 11 is 0.939. The van der Waals surface area contributed by atoms with Crippen molar-refractivity contribution in [3.8, 4) is 0 Å². The van der Waals surface area contributed by atoms with Gasteiger partial charge in [-0.15, -0.1) is 11.3 Å². The second-order valence-corrected chi connectivity index (χ2v) is 6.65. The number of morpholine rings is 1. The molecule has 1 aliphatic heterocycles. The van der Waals surface area contributed by atoms with Crippen LogP contribution in [0.5, 0.6) is 0 Å². The second kappa shape index (κ2) is 4.96. The first-order chi connectivity index (χ1) is 8.44. The van der Waals surface area contributed by atoms with Crippen molar-refractivity contribution in [1.29, 1.82) is 0 Å². The second-order valence-electron chi connectivity index (χ2n) is 3.90. The number of carboxylic acid groups (broad SMARTS) is 1. The Hall–Kier alpha value is -0.960. The highest BCUT2D eigenvalue weighted by molar-refractivity contribution is 7.89. The summed E-state index contributed by atoms with van der Waals surface area (Å²) in [6.07, 6.45) is 0. The normalized spacial score (nSPS) is 17.8. The highest BCUT2D eigenvalue weighted by Gasteiger charge is 2.33. The van der Waals surface area contributed by atoms with Gasteiger partial charge in [-0.1, -0.05) is 0 Å². The molecular weight excluding hydrogens is 278 g/mol. The predicted octanol–water partition coefficient (Wildman–Crippen LogP) is 0.776. The number of nitrogens with zero attached hydrogens (tertiary/aromatic N) is 1. The minimum atomic E-state index is -3.74. The van der Waals surface area contributed by atoms with Crippen LogP contribution in [0.1, 0.15) is 15.2 Å². The number of carboxylic acids is 1. The number of thiophene rings is 1. The van der Waals surface area contributed by atoms with Gasteiger partial charge in [-0.2, -0.15) is 4.31 Å². The van der Waals surface area contributed by atoms with Crippen molar-refractivity contribution in [1.82, 2.24) is 4.31 Å². The van der Waals surface area contributed by atoms with Gasteiger partial charge in [0.25, 0.3) is 0 Å². The van der Waals surface area contributed by atoms with E-state index in [9.17, 15) is 13.2 Å². The van der Waals surface area contributed by atoms with Gasteiger partial charge in [-0.25, -0.2) is 13.2 Å². The van der Waals surface area contributed by atoms with E-state index in [1.165, 1.54) is 4.31 Å². The van der Waals surface area contributed by atoms with E-state index in [0.717, 1.165) is 11.3 Å². The lowest BCUT2D eigenvalue weighted by Crippen LogP contribution is -2.41. The molecule has 1 aliphatic rings. The van der Waals surface area contributed by atoms with Crippen LogP contribution in [0.4, 0.5) is 0 Å². The van der Waals surface area contributed by atoms with Crippen molar-refractivity contribution < 1.29 is 23.1 Å². The molecule has 18 heavy (non-hydrogen) atoms. The Labute approximate surface area is 109 Å². The summed E-state index contributed by atoms with van der Waals surface area (Å²) in [5, 5.41) is 10.6. The fourth-order valence-electron chi connectivity index (χ4n) is 1.82. The smallest absolute Gasteiger partial charge is 0.347 e. The first-order valence-corrected chi connectivity index (χ1v) is 7.66. The third-order valence-electron chi connectivity index (χ3n) is 2.68. The summed E-state index contributed by atoms with van der Waals surface area (Å²) in [7, 11) is -3.74. The number of aromatic carboxylic acids is 1. The van der Waals surface area contributed by atoms with Crippen LogP contribution in [0.2, 0.25) is 0 Å². The molecule has 0 unspecified atom stereocenters. The standard InChI is InChI=1S/C10H13NO5S2/c1-7-6-17-8(10(12)13)9(7)18(14,15)11-2-4-16-5-3-11/h6H,2-5H2,1H3,(H,12,13). The Kier molecular flexibility index (Phi) is 3.71. The molecule has 0 spiro atoms. The first kappa shape index (κ1) is 13.5.